The Morgan fingerprint density at radius 3 is 2.76 bits per heavy atom. The Balaban J connectivity index is 0.00000144. The van der Waals surface area contributed by atoms with Gasteiger partial charge in [-0.2, -0.15) is 0 Å². The molecule has 2 rings (SSSR count). The van der Waals surface area contributed by atoms with E-state index in [-0.39, 0.29) is 24.0 Å². The van der Waals surface area contributed by atoms with Crippen molar-refractivity contribution in [1.29, 1.82) is 0 Å². The number of guanidine groups is 1. The van der Waals surface area contributed by atoms with Gasteiger partial charge in [-0.05, 0) is 11.6 Å². The quantitative estimate of drug-likeness (QED) is 0.488. The van der Waals surface area contributed by atoms with E-state index in [2.05, 4.69) is 22.2 Å². The number of ether oxygens (including phenoxy) is 1. The van der Waals surface area contributed by atoms with Crippen LogP contribution in [0.5, 0.6) is 0 Å². The Hall–Kier alpha value is -0.760. The first-order valence-electron chi connectivity index (χ1n) is 5.49. The number of hydrogen-bond acceptors (Lipinski definition) is 2. The predicted molar refractivity (Wildman–Crippen MR) is 78.5 cm³/mol. The Morgan fingerprint density at radius 2 is 2.18 bits per heavy atom. The summed E-state index contributed by atoms with van der Waals surface area (Å²) in [6.07, 6.45) is 4.06. The molecule has 1 aromatic rings. The van der Waals surface area contributed by atoms with Gasteiger partial charge in [0.15, 0.2) is 5.96 Å². The molecule has 0 amide bonds. The van der Waals surface area contributed by atoms with Gasteiger partial charge in [0.05, 0.1) is 19.8 Å². The molecule has 2 heterocycles. The van der Waals surface area contributed by atoms with Gasteiger partial charge in [0, 0.05) is 32.5 Å². The summed E-state index contributed by atoms with van der Waals surface area (Å²) in [6.45, 7) is 3.79. The van der Waals surface area contributed by atoms with Gasteiger partial charge in [0.2, 0.25) is 0 Å². The number of aryl methyl sites for hydroxylation is 1. The molecule has 0 aliphatic carbocycles. The molecule has 17 heavy (non-hydrogen) atoms. The standard InChI is InChI=1S/C11H18N4O.HI/c1-14-3-2-10(9-14)8-13-11(12)15-4-6-16-7-5-15;/h2-3,9H,4-8H2,1H3,(H2,12,13);1H. The highest BCUT2D eigenvalue weighted by Crippen LogP contribution is 2.02. The fraction of sp³-hybridized carbons (Fsp3) is 0.545. The molecule has 0 aromatic carbocycles. The molecule has 0 saturated carbocycles. The van der Waals surface area contributed by atoms with Gasteiger partial charge in [0.25, 0.3) is 0 Å². The molecule has 5 nitrogen and oxygen atoms in total. The molecule has 0 spiro atoms. The molecule has 1 fully saturated rings. The molecular weight excluding hydrogens is 331 g/mol. The number of rotatable bonds is 2. The van der Waals surface area contributed by atoms with Gasteiger partial charge in [0.1, 0.15) is 0 Å². The van der Waals surface area contributed by atoms with Crippen molar-refractivity contribution < 1.29 is 4.74 Å². The summed E-state index contributed by atoms with van der Waals surface area (Å²) in [4.78, 5) is 6.44. The first kappa shape index (κ1) is 14.3. The highest BCUT2D eigenvalue weighted by Gasteiger charge is 2.11. The van der Waals surface area contributed by atoms with E-state index in [0.29, 0.717) is 12.5 Å². The average Bonchev–Trinajstić information content (AvgIpc) is 2.73. The molecular formula is C11H19IN4O. The summed E-state index contributed by atoms with van der Waals surface area (Å²) in [7, 11) is 2.00. The van der Waals surface area contributed by atoms with E-state index in [0.717, 1.165) is 26.3 Å². The highest BCUT2D eigenvalue weighted by molar-refractivity contribution is 14.0. The fourth-order valence-corrected chi connectivity index (χ4v) is 1.72. The second-order valence-corrected chi connectivity index (χ2v) is 3.96. The summed E-state index contributed by atoms with van der Waals surface area (Å²) < 4.78 is 7.27. The molecule has 1 aromatic heterocycles. The van der Waals surface area contributed by atoms with Crippen molar-refractivity contribution in [2.75, 3.05) is 26.3 Å². The maximum atomic E-state index is 5.92. The maximum absolute atomic E-state index is 5.92. The number of nitrogens with two attached hydrogens (primary N) is 1. The smallest absolute Gasteiger partial charge is 0.191 e. The van der Waals surface area contributed by atoms with Gasteiger partial charge in [-0.1, -0.05) is 0 Å². The minimum Gasteiger partial charge on any atom is -0.378 e. The number of aromatic nitrogens is 1. The predicted octanol–water partition coefficient (Wildman–Crippen LogP) is 0.790. The second kappa shape index (κ2) is 6.85. The SMILES string of the molecule is Cn1ccc(CN=C(N)N2CCOCC2)c1.I. The second-order valence-electron chi connectivity index (χ2n) is 3.96. The lowest BCUT2D eigenvalue weighted by Gasteiger charge is -2.27. The first-order chi connectivity index (χ1) is 7.75. The first-order valence-corrected chi connectivity index (χ1v) is 5.49. The lowest BCUT2D eigenvalue weighted by Crippen LogP contribution is -2.44. The van der Waals surface area contributed by atoms with Crippen LogP contribution in [0.3, 0.4) is 0 Å². The zero-order valence-corrected chi connectivity index (χ0v) is 12.3. The molecule has 0 bridgehead atoms. The minimum atomic E-state index is 0. The van der Waals surface area contributed by atoms with E-state index in [9.17, 15) is 0 Å². The lowest BCUT2D eigenvalue weighted by atomic mass is 10.3. The molecule has 0 unspecified atom stereocenters. The minimum absolute atomic E-state index is 0. The monoisotopic (exact) mass is 350 g/mol. The maximum Gasteiger partial charge on any atom is 0.191 e. The normalized spacial score (nSPS) is 16.8. The molecule has 1 saturated heterocycles. The summed E-state index contributed by atoms with van der Waals surface area (Å²) in [5.41, 5.74) is 7.10. The lowest BCUT2D eigenvalue weighted by molar-refractivity contribution is 0.0674. The number of hydrogen-bond donors (Lipinski definition) is 1. The van der Waals surface area contributed by atoms with Crippen LogP contribution in [0.1, 0.15) is 5.56 Å². The van der Waals surface area contributed by atoms with Crippen LogP contribution in [-0.4, -0.2) is 41.7 Å². The summed E-state index contributed by atoms with van der Waals surface area (Å²) in [5.74, 6) is 0.618. The molecule has 96 valence electrons. The molecule has 0 radical (unpaired) electrons. The van der Waals surface area contributed by atoms with Crippen LogP contribution in [0.4, 0.5) is 0 Å². The Kier molecular flexibility index (Phi) is 5.76. The van der Waals surface area contributed by atoms with Gasteiger partial charge in [-0.15, -0.1) is 24.0 Å². The third kappa shape index (κ3) is 4.19. The number of halogens is 1. The van der Waals surface area contributed by atoms with Crippen LogP contribution in [0, 0.1) is 0 Å². The van der Waals surface area contributed by atoms with Crippen molar-refractivity contribution in [2.45, 2.75) is 6.54 Å². The van der Waals surface area contributed by atoms with Gasteiger partial charge in [-0.3, -0.25) is 0 Å². The summed E-state index contributed by atoms with van der Waals surface area (Å²) >= 11 is 0. The van der Waals surface area contributed by atoms with E-state index in [1.807, 2.05) is 17.8 Å². The Morgan fingerprint density at radius 1 is 1.47 bits per heavy atom. The Labute approximate surface area is 119 Å². The van der Waals surface area contributed by atoms with Crippen LogP contribution in [0.15, 0.2) is 23.5 Å². The van der Waals surface area contributed by atoms with Crippen LogP contribution in [-0.2, 0) is 18.3 Å². The van der Waals surface area contributed by atoms with Crippen molar-refractivity contribution in [3.05, 3.63) is 24.0 Å². The third-order valence-corrected chi connectivity index (χ3v) is 2.65. The zero-order chi connectivity index (χ0) is 11.4. The van der Waals surface area contributed by atoms with Crippen molar-refractivity contribution >= 4 is 29.9 Å². The van der Waals surface area contributed by atoms with E-state index in [1.54, 1.807) is 0 Å². The molecule has 1 aliphatic rings. The molecule has 2 N–H and O–H groups in total. The van der Waals surface area contributed by atoms with Crippen molar-refractivity contribution in [2.24, 2.45) is 17.8 Å². The van der Waals surface area contributed by atoms with Crippen molar-refractivity contribution in [1.82, 2.24) is 9.47 Å². The molecule has 6 heteroatoms. The van der Waals surface area contributed by atoms with E-state index in [4.69, 9.17) is 10.5 Å². The summed E-state index contributed by atoms with van der Waals surface area (Å²) in [6, 6.07) is 2.05. The largest absolute Gasteiger partial charge is 0.378 e. The zero-order valence-electron chi connectivity index (χ0n) is 10.0. The number of morpholine rings is 1. The number of nitrogens with zero attached hydrogens (tertiary/aromatic N) is 3. The number of aliphatic imine (C=N–C) groups is 1. The van der Waals surface area contributed by atoms with E-state index >= 15 is 0 Å². The van der Waals surface area contributed by atoms with Gasteiger partial charge >= 0.3 is 0 Å². The van der Waals surface area contributed by atoms with Crippen LogP contribution >= 0.6 is 24.0 Å². The topological polar surface area (TPSA) is 55.8 Å². The highest BCUT2D eigenvalue weighted by atomic mass is 127. The third-order valence-electron chi connectivity index (χ3n) is 2.65. The van der Waals surface area contributed by atoms with Crippen molar-refractivity contribution in [3.8, 4) is 0 Å². The van der Waals surface area contributed by atoms with Crippen LogP contribution < -0.4 is 5.73 Å². The van der Waals surface area contributed by atoms with E-state index in [1.165, 1.54) is 5.56 Å². The van der Waals surface area contributed by atoms with E-state index < -0.39 is 0 Å². The fourth-order valence-electron chi connectivity index (χ4n) is 1.72. The molecule has 0 atom stereocenters. The van der Waals surface area contributed by atoms with Gasteiger partial charge < -0.3 is 19.9 Å². The van der Waals surface area contributed by atoms with Crippen LogP contribution in [0.25, 0.3) is 0 Å². The Bertz CT molecular complexity index is 371. The average molecular weight is 350 g/mol. The summed E-state index contributed by atoms with van der Waals surface area (Å²) in [5, 5.41) is 0. The van der Waals surface area contributed by atoms with Crippen LogP contribution in [0.2, 0.25) is 0 Å². The van der Waals surface area contributed by atoms with Crippen molar-refractivity contribution in [3.63, 3.8) is 0 Å². The molecule has 1 aliphatic heterocycles. The van der Waals surface area contributed by atoms with Gasteiger partial charge in [-0.25, -0.2) is 4.99 Å².